The summed E-state index contributed by atoms with van der Waals surface area (Å²) in [5.41, 5.74) is 1.33. The van der Waals surface area contributed by atoms with Crippen LogP contribution in [0.2, 0.25) is 0 Å². The number of amides is 2. The smallest absolute Gasteiger partial charge is 0.251 e. The SMILES string of the molecule is COc1cccc(N2CC(c3noc(CNC(=O)c4ccccc4)n3)CC2=O)c1. The minimum absolute atomic E-state index is 0.00742. The van der Waals surface area contributed by atoms with E-state index in [0.29, 0.717) is 36.0 Å². The van der Waals surface area contributed by atoms with Crippen LogP contribution in [0, 0.1) is 0 Å². The van der Waals surface area contributed by atoms with Crippen molar-refractivity contribution in [2.24, 2.45) is 0 Å². The van der Waals surface area contributed by atoms with Crippen LogP contribution in [0.25, 0.3) is 0 Å². The normalized spacial score (nSPS) is 16.1. The van der Waals surface area contributed by atoms with E-state index in [1.54, 1.807) is 36.3 Å². The maximum Gasteiger partial charge on any atom is 0.251 e. The Labute approximate surface area is 167 Å². The van der Waals surface area contributed by atoms with E-state index in [0.717, 1.165) is 5.69 Å². The summed E-state index contributed by atoms with van der Waals surface area (Å²) in [5, 5.41) is 6.75. The molecule has 1 aliphatic rings. The van der Waals surface area contributed by atoms with Crippen LogP contribution in [0.3, 0.4) is 0 Å². The molecule has 1 aliphatic heterocycles. The van der Waals surface area contributed by atoms with Crippen molar-refractivity contribution in [2.45, 2.75) is 18.9 Å². The monoisotopic (exact) mass is 392 g/mol. The Balaban J connectivity index is 1.39. The molecular formula is C21H20N4O4. The Kier molecular flexibility index (Phi) is 5.24. The largest absolute Gasteiger partial charge is 0.497 e. The minimum atomic E-state index is -0.217. The average Bonchev–Trinajstić information content (AvgIpc) is 3.39. The van der Waals surface area contributed by atoms with E-state index in [2.05, 4.69) is 15.5 Å². The van der Waals surface area contributed by atoms with E-state index in [9.17, 15) is 9.59 Å². The van der Waals surface area contributed by atoms with Crippen LogP contribution in [0.15, 0.2) is 59.1 Å². The van der Waals surface area contributed by atoms with Crippen LogP contribution in [0.4, 0.5) is 5.69 Å². The Morgan fingerprint density at radius 3 is 2.86 bits per heavy atom. The summed E-state index contributed by atoms with van der Waals surface area (Å²) in [6.07, 6.45) is 0.298. The van der Waals surface area contributed by atoms with Crippen LogP contribution < -0.4 is 15.0 Å². The highest BCUT2D eigenvalue weighted by Gasteiger charge is 2.34. The van der Waals surface area contributed by atoms with Gasteiger partial charge in [0.1, 0.15) is 5.75 Å². The Morgan fingerprint density at radius 2 is 2.07 bits per heavy atom. The summed E-state index contributed by atoms with van der Waals surface area (Å²) in [6.45, 7) is 0.586. The topological polar surface area (TPSA) is 97.6 Å². The summed E-state index contributed by atoms with van der Waals surface area (Å²) in [4.78, 5) is 30.6. The summed E-state index contributed by atoms with van der Waals surface area (Å²) < 4.78 is 10.5. The molecule has 29 heavy (non-hydrogen) atoms. The van der Waals surface area contributed by atoms with E-state index in [4.69, 9.17) is 9.26 Å². The van der Waals surface area contributed by atoms with E-state index < -0.39 is 0 Å². The number of methoxy groups -OCH3 is 1. The van der Waals surface area contributed by atoms with Crippen molar-refractivity contribution in [3.8, 4) is 5.75 Å². The van der Waals surface area contributed by atoms with Crippen LogP contribution in [-0.4, -0.2) is 35.6 Å². The number of rotatable bonds is 6. The van der Waals surface area contributed by atoms with Gasteiger partial charge in [0.15, 0.2) is 5.82 Å². The fraction of sp³-hybridized carbons (Fsp3) is 0.238. The van der Waals surface area contributed by atoms with Gasteiger partial charge in [0.05, 0.1) is 13.7 Å². The second-order valence-electron chi connectivity index (χ2n) is 6.70. The molecule has 2 amide bonds. The molecule has 2 aromatic carbocycles. The quantitative estimate of drug-likeness (QED) is 0.692. The molecule has 8 heteroatoms. The van der Waals surface area contributed by atoms with Crippen LogP contribution in [0.1, 0.15) is 34.4 Å². The number of nitrogens with one attached hydrogen (secondary N) is 1. The molecule has 4 rings (SSSR count). The first-order valence-corrected chi connectivity index (χ1v) is 9.24. The second-order valence-corrected chi connectivity index (χ2v) is 6.70. The summed E-state index contributed by atoms with van der Waals surface area (Å²) in [7, 11) is 1.59. The molecule has 1 N–H and O–H groups in total. The lowest BCUT2D eigenvalue weighted by molar-refractivity contribution is -0.117. The van der Waals surface area contributed by atoms with Gasteiger partial charge in [0, 0.05) is 36.2 Å². The first-order chi connectivity index (χ1) is 14.1. The number of benzene rings is 2. The number of ether oxygens (including phenoxy) is 1. The van der Waals surface area contributed by atoms with Crippen molar-refractivity contribution < 1.29 is 18.8 Å². The highest BCUT2D eigenvalue weighted by molar-refractivity contribution is 5.96. The molecule has 0 aliphatic carbocycles. The second kappa shape index (κ2) is 8.14. The van der Waals surface area contributed by atoms with E-state index >= 15 is 0 Å². The minimum Gasteiger partial charge on any atom is -0.497 e. The van der Waals surface area contributed by atoms with E-state index in [1.165, 1.54) is 0 Å². The number of carbonyl (C=O) groups excluding carboxylic acids is 2. The zero-order valence-electron chi connectivity index (χ0n) is 15.9. The predicted octanol–water partition coefficient (Wildman–Crippen LogP) is 2.53. The van der Waals surface area contributed by atoms with Crippen molar-refractivity contribution in [2.75, 3.05) is 18.6 Å². The molecule has 0 bridgehead atoms. The third-order valence-electron chi connectivity index (χ3n) is 4.78. The van der Waals surface area contributed by atoms with Gasteiger partial charge in [-0.05, 0) is 24.3 Å². The highest BCUT2D eigenvalue weighted by Crippen LogP contribution is 2.31. The molecule has 2 heterocycles. The summed E-state index contributed by atoms with van der Waals surface area (Å²) in [5.74, 6) is 1.06. The van der Waals surface area contributed by atoms with Crippen LogP contribution in [0.5, 0.6) is 5.75 Å². The molecule has 1 aromatic heterocycles. The van der Waals surface area contributed by atoms with E-state index in [1.807, 2.05) is 30.3 Å². The number of hydrogen-bond donors (Lipinski definition) is 1. The molecule has 148 valence electrons. The molecule has 0 spiro atoms. The maximum absolute atomic E-state index is 12.5. The fourth-order valence-corrected chi connectivity index (χ4v) is 3.26. The molecule has 1 saturated heterocycles. The third kappa shape index (κ3) is 4.11. The Hall–Kier alpha value is -3.68. The van der Waals surface area contributed by atoms with Gasteiger partial charge in [-0.15, -0.1) is 0 Å². The van der Waals surface area contributed by atoms with Crippen molar-refractivity contribution in [1.82, 2.24) is 15.5 Å². The molecule has 1 atom stereocenters. The van der Waals surface area contributed by atoms with Gasteiger partial charge in [0.25, 0.3) is 5.91 Å². The van der Waals surface area contributed by atoms with Gasteiger partial charge >= 0.3 is 0 Å². The molecule has 3 aromatic rings. The Morgan fingerprint density at radius 1 is 1.24 bits per heavy atom. The molecular weight excluding hydrogens is 372 g/mol. The van der Waals surface area contributed by atoms with Crippen molar-refractivity contribution >= 4 is 17.5 Å². The number of aromatic nitrogens is 2. The lowest BCUT2D eigenvalue weighted by atomic mass is 10.1. The lowest BCUT2D eigenvalue weighted by Crippen LogP contribution is -2.24. The van der Waals surface area contributed by atoms with Crippen molar-refractivity contribution in [1.29, 1.82) is 0 Å². The van der Waals surface area contributed by atoms with Gasteiger partial charge in [-0.1, -0.05) is 29.4 Å². The third-order valence-corrected chi connectivity index (χ3v) is 4.78. The van der Waals surface area contributed by atoms with Gasteiger partial charge < -0.3 is 19.5 Å². The average molecular weight is 392 g/mol. The number of nitrogens with zero attached hydrogens (tertiary/aromatic N) is 3. The number of hydrogen-bond acceptors (Lipinski definition) is 6. The van der Waals surface area contributed by atoms with E-state index in [-0.39, 0.29) is 24.3 Å². The molecule has 8 nitrogen and oxygen atoms in total. The maximum atomic E-state index is 12.5. The standard InChI is InChI=1S/C21H20N4O4/c1-28-17-9-5-8-16(11-17)25-13-15(10-19(25)26)20-23-18(29-24-20)12-22-21(27)14-6-3-2-4-7-14/h2-9,11,15H,10,12-13H2,1H3,(H,22,27). The van der Waals surface area contributed by atoms with Gasteiger partial charge in [-0.3, -0.25) is 9.59 Å². The summed E-state index contributed by atoms with van der Waals surface area (Å²) in [6, 6.07) is 16.3. The number of anilines is 1. The predicted molar refractivity (Wildman–Crippen MR) is 105 cm³/mol. The van der Waals surface area contributed by atoms with Gasteiger partial charge in [-0.2, -0.15) is 4.98 Å². The highest BCUT2D eigenvalue weighted by atomic mass is 16.5. The first-order valence-electron chi connectivity index (χ1n) is 9.24. The summed E-state index contributed by atoms with van der Waals surface area (Å²) >= 11 is 0. The van der Waals surface area contributed by atoms with Crippen molar-refractivity contribution in [3.63, 3.8) is 0 Å². The number of carbonyl (C=O) groups is 2. The zero-order chi connectivity index (χ0) is 20.2. The zero-order valence-corrected chi connectivity index (χ0v) is 15.9. The molecule has 1 unspecified atom stereocenters. The van der Waals surface area contributed by atoms with Crippen LogP contribution in [-0.2, 0) is 11.3 Å². The molecule has 0 radical (unpaired) electrons. The molecule has 1 fully saturated rings. The van der Waals surface area contributed by atoms with Crippen molar-refractivity contribution in [3.05, 3.63) is 71.9 Å². The van der Waals surface area contributed by atoms with Crippen LogP contribution >= 0.6 is 0 Å². The fourth-order valence-electron chi connectivity index (χ4n) is 3.26. The first kappa shape index (κ1) is 18.7. The molecule has 0 saturated carbocycles. The van der Waals surface area contributed by atoms with Gasteiger partial charge in [-0.25, -0.2) is 0 Å². The lowest BCUT2D eigenvalue weighted by Gasteiger charge is -2.16. The Bertz CT molecular complexity index is 1020. The van der Waals surface area contributed by atoms with Gasteiger partial charge in [0.2, 0.25) is 11.8 Å².